The molecule has 0 aliphatic carbocycles. The van der Waals surface area contributed by atoms with E-state index in [0.29, 0.717) is 5.75 Å². The Morgan fingerprint density at radius 2 is 1.96 bits per heavy atom. The predicted molar refractivity (Wildman–Crippen MR) is 99.0 cm³/mol. The number of nitrogens with one attached hydrogen (secondary N) is 1. The summed E-state index contributed by atoms with van der Waals surface area (Å²) in [5, 5.41) is 13.2. The molecule has 8 nitrogen and oxygen atoms in total. The molecule has 0 aromatic heterocycles. The van der Waals surface area contributed by atoms with Gasteiger partial charge in [-0.25, -0.2) is 0 Å². The van der Waals surface area contributed by atoms with Gasteiger partial charge in [-0.2, -0.15) is 0 Å². The van der Waals surface area contributed by atoms with Gasteiger partial charge in [-0.15, -0.1) is 0 Å². The molecule has 0 spiro atoms. The van der Waals surface area contributed by atoms with Gasteiger partial charge in [0, 0.05) is 11.8 Å². The number of benzene rings is 2. The lowest BCUT2D eigenvalue weighted by molar-refractivity contribution is -0.384. The summed E-state index contributed by atoms with van der Waals surface area (Å²) in [6.45, 7) is 1.49. The number of carbonyl (C=O) groups is 2. The molecular formula is C18H17ClN2O6. The minimum Gasteiger partial charge on any atom is -0.493 e. The van der Waals surface area contributed by atoms with E-state index in [1.54, 1.807) is 6.07 Å². The van der Waals surface area contributed by atoms with Gasteiger partial charge in [0.1, 0.15) is 10.8 Å². The molecule has 0 fully saturated rings. The van der Waals surface area contributed by atoms with Gasteiger partial charge in [0.25, 0.3) is 11.6 Å². The zero-order valence-corrected chi connectivity index (χ0v) is 15.2. The number of hydrogen-bond acceptors (Lipinski definition) is 6. The first-order chi connectivity index (χ1) is 12.9. The second-order valence-corrected chi connectivity index (χ2v) is 5.90. The SMILES string of the molecule is Cc1ccccc1OCCC(=O)OCC(=O)Nc1ccc(Cl)c([N+](=O)[O-])c1. The van der Waals surface area contributed by atoms with Gasteiger partial charge in [0.2, 0.25) is 0 Å². The fraction of sp³-hybridized carbons (Fsp3) is 0.222. The number of anilines is 1. The minimum absolute atomic E-state index is 0.0198. The number of amides is 1. The van der Waals surface area contributed by atoms with Crippen molar-refractivity contribution in [3.8, 4) is 5.75 Å². The summed E-state index contributed by atoms with van der Waals surface area (Å²) in [7, 11) is 0. The van der Waals surface area contributed by atoms with Gasteiger partial charge in [-0.3, -0.25) is 19.7 Å². The number of para-hydroxylation sites is 1. The molecule has 0 atom stereocenters. The van der Waals surface area contributed by atoms with Crippen LogP contribution < -0.4 is 10.1 Å². The predicted octanol–water partition coefficient (Wildman–Crippen LogP) is 3.51. The van der Waals surface area contributed by atoms with Crippen molar-refractivity contribution in [2.24, 2.45) is 0 Å². The van der Waals surface area contributed by atoms with Gasteiger partial charge in [-0.05, 0) is 30.7 Å². The van der Waals surface area contributed by atoms with E-state index in [0.717, 1.165) is 11.6 Å². The zero-order chi connectivity index (χ0) is 19.8. The maximum Gasteiger partial charge on any atom is 0.309 e. The standard InChI is InChI=1S/C18H17ClN2O6/c1-12-4-2-3-5-16(12)26-9-8-18(23)27-11-17(22)20-13-6-7-14(19)15(10-13)21(24)25/h2-7,10H,8-9,11H2,1H3,(H,20,22). The van der Waals surface area contributed by atoms with E-state index in [-0.39, 0.29) is 29.4 Å². The van der Waals surface area contributed by atoms with Crippen molar-refractivity contribution >= 4 is 34.9 Å². The van der Waals surface area contributed by atoms with E-state index in [1.165, 1.54) is 12.1 Å². The van der Waals surface area contributed by atoms with E-state index in [4.69, 9.17) is 21.1 Å². The number of nitrogens with zero attached hydrogens (tertiary/aromatic N) is 1. The van der Waals surface area contributed by atoms with Gasteiger partial charge < -0.3 is 14.8 Å². The number of hydrogen-bond donors (Lipinski definition) is 1. The molecular weight excluding hydrogens is 376 g/mol. The average Bonchev–Trinajstić information content (AvgIpc) is 2.63. The Bertz CT molecular complexity index is 855. The summed E-state index contributed by atoms with van der Waals surface area (Å²) in [6, 6.07) is 11.2. The summed E-state index contributed by atoms with van der Waals surface area (Å²) in [5.41, 5.74) is 0.789. The second kappa shape index (κ2) is 9.54. The van der Waals surface area contributed by atoms with Crippen LogP contribution in [0, 0.1) is 17.0 Å². The van der Waals surface area contributed by atoms with Crippen LogP contribution in [-0.2, 0) is 14.3 Å². The highest BCUT2D eigenvalue weighted by Gasteiger charge is 2.14. The number of rotatable bonds is 8. The number of esters is 1. The lowest BCUT2D eigenvalue weighted by Crippen LogP contribution is -2.21. The first-order valence-corrected chi connectivity index (χ1v) is 8.32. The fourth-order valence-electron chi connectivity index (χ4n) is 2.11. The Balaban J connectivity index is 1.75. The highest BCUT2D eigenvalue weighted by Crippen LogP contribution is 2.27. The first-order valence-electron chi connectivity index (χ1n) is 7.94. The quantitative estimate of drug-likeness (QED) is 0.418. The fourth-order valence-corrected chi connectivity index (χ4v) is 2.29. The van der Waals surface area contributed by atoms with Crippen LogP contribution in [0.25, 0.3) is 0 Å². The first kappa shape index (κ1) is 20.2. The Hall–Kier alpha value is -3.13. The third-order valence-electron chi connectivity index (χ3n) is 3.45. The summed E-state index contributed by atoms with van der Waals surface area (Å²) >= 11 is 5.70. The second-order valence-electron chi connectivity index (χ2n) is 5.50. The molecule has 0 aliphatic heterocycles. The smallest absolute Gasteiger partial charge is 0.309 e. The Morgan fingerprint density at radius 1 is 1.22 bits per heavy atom. The lowest BCUT2D eigenvalue weighted by Gasteiger charge is -2.09. The van der Waals surface area contributed by atoms with Crippen molar-refractivity contribution in [2.45, 2.75) is 13.3 Å². The van der Waals surface area contributed by atoms with Crippen LogP contribution in [0.1, 0.15) is 12.0 Å². The topological polar surface area (TPSA) is 108 Å². The molecule has 2 rings (SSSR count). The van der Waals surface area contributed by atoms with Crippen molar-refractivity contribution in [1.29, 1.82) is 0 Å². The maximum absolute atomic E-state index is 11.8. The summed E-state index contributed by atoms with van der Waals surface area (Å²) in [5.74, 6) is -0.548. The van der Waals surface area contributed by atoms with Gasteiger partial charge in [0.15, 0.2) is 6.61 Å². The highest BCUT2D eigenvalue weighted by atomic mass is 35.5. The van der Waals surface area contributed by atoms with Gasteiger partial charge in [0.05, 0.1) is 18.0 Å². The number of halogens is 1. The number of ether oxygens (including phenoxy) is 2. The van der Waals surface area contributed by atoms with Crippen molar-refractivity contribution in [2.75, 3.05) is 18.5 Å². The van der Waals surface area contributed by atoms with E-state index >= 15 is 0 Å². The molecule has 2 aromatic carbocycles. The van der Waals surface area contributed by atoms with Gasteiger partial charge >= 0.3 is 5.97 Å². The van der Waals surface area contributed by atoms with Crippen LogP contribution in [0.5, 0.6) is 5.75 Å². The highest BCUT2D eigenvalue weighted by molar-refractivity contribution is 6.32. The Kier molecular flexibility index (Phi) is 7.13. The molecule has 0 saturated heterocycles. The zero-order valence-electron chi connectivity index (χ0n) is 14.4. The average molecular weight is 393 g/mol. The number of nitro benzene ring substituents is 1. The van der Waals surface area contributed by atoms with Crippen molar-refractivity contribution in [3.63, 3.8) is 0 Å². The van der Waals surface area contributed by atoms with Crippen LogP contribution in [-0.4, -0.2) is 30.0 Å². The van der Waals surface area contributed by atoms with E-state index in [2.05, 4.69) is 5.32 Å². The summed E-state index contributed by atoms with van der Waals surface area (Å²) < 4.78 is 10.3. The molecule has 2 aromatic rings. The molecule has 9 heteroatoms. The van der Waals surface area contributed by atoms with Crippen LogP contribution in [0.2, 0.25) is 5.02 Å². The molecule has 0 saturated carbocycles. The van der Waals surface area contributed by atoms with Crippen LogP contribution >= 0.6 is 11.6 Å². The van der Waals surface area contributed by atoms with E-state index < -0.39 is 23.4 Å². The Morgan fingerprint density at radius 3 is 2.67 bits per heavy atom. The van der Waals surface area contributed by atoms with Crippen molar-refractivity contribution in [3.05, 3.63) is 63.2 Å². The van der Waals surface area contributed by atoms with Gasteiger partial charge in [-0.1, -0.05) is 29.8 Å². The maximum atomic E-state index is 11.8. The van der Waals surface area contributed by atoms with Crippen molar-refractivity contribution < 1.29 is 24.0 Å². The largest absolute Gasteiger partial charge is 0.493 e. The summed E-state index contributed by atoms with van der Waals surface area (Å²) in [6.07, 6.45) is -0.0198. The third-order valence-corrected chi connectivity index (χ3v) is 3.77. The van der Waals surface area contributed by atoms with Crippen molar-refractivity contribution in [1.82, 2.24) is 0 Å². The molecule has 1 N–H and O–H groups in total. The minimum atomic E-state index is -0.660. The number of carbonyl (C=O) groups excluding carboxylic acids is 2. The molecule has 0 unspecified atom stereocenters. The third kappa shape index (κ3) is 6.27. The molecule has 142 valence electrons. The molecule has 1 amide bonds. The number of nitro groups is 1. The van der Waals surface area contributed by atoms with Crippen LogP contribution in [0.4, 0.5) is 11.4 Å². The van der Waals surface area contributed by atoms with E-state index in [1.807, 2.05) is 25.1 Å². The van der Waals surface area contributed by atoms with Crippen LogP contribution in [0.3, 0.4) is 0 Å². The normalized spacial score (nSPS) is 10.1. The molecule has 0 heterocycles. The molecule has 0 aliphatic rings. The molecule has 27 heavy (non-hydrogen) atoms. The lowest BCUT2D eigenvalue weighted by atomic mass is 10.2. The van der Waals surface area contributed by atoms with E-state index in [9.17, 15) is 19.7 Å². The molecule has 0 radical (unpaired) electrons. The Labute approximate surface area is 160 Å². The monoisotopic (exact) mass is 392 g/mol. The van der Waals surface area contributed by atoms with Crippen LogP contribution in [0.15, 0.2) is 42.5 Å². The summed E-state index contributed by atoms with van der Waals surface area (Å²) in [4.78, 5) is 33.6. The number of aryl methyl sites for hydroxylation is 1. The molecule has 0 bridgehead atoms.